The lowest BCUT2D eigenvalue weighted by molar-refractivity contribution is -0.121. The highest BCUT2D eigenvalue weighted by atomic mass is 16.1. The minimum absolute atomic E-state index is 0.130. The molecule has 0 aliphatic heterocycles. The average molecular weight is 220 g/mol. The standard InChI is InChI=1S/C13H20N2O/c1-2-3-10-15-13(16)9-6-11-4-7-12(14)8-5-11/h4-5,7-8H,2-3,6,9-10,14H2,1H3,(H,15,16). The number of hydrogen-bond donors (Lipinski definition) is 2. The van der Waals surface area contributed by atoms with Crippen LogP contribution in [0.25, 0.3) is 0 Å². The number of anilines is 1. The maximum absolute atomic E-state index is 11.4. The average Bonchev–Trinajstić information content (AvgIpc) is 2.29. The third-order valence-corrected chi connectivity index (χ3v) is 2.47. The van der Waals surface area contributed by atoms with E-state index in [9.17, 15) is 4.79 Å². The highest BCUT2D eigenvalue weighted by Gasteiger charge is 2.01. The Bertz CT molecular complexity index is 319. The van der Waals surface area contributed by atoms with Crippen molar-refractivity contribution < 1.29 is 4.79 Å². The summed E-state index contributed by atoms with van der Waals surface area (Å²) >= 11 is 0. The summed E-state index contributed by atoms with van der Waals surface area (Å²) in [5.74, 6) is 0.130. The second-order valence-corrected chi connectivity index (χ2v) is 3.95. The molecule has 0 aliphatic carbocycles. The molecule has 3 N–H and O–H groups in total. The van der Waals surface area contributed by atoms with Gasteiger partial charge in [0.25, 0.3) is 0 Å². The number of nitrogens with two attached hydrogens (primary N) is 1. The molecule has 0 aromatic heterocycles. The van der Waals surface area contributed by atoms with Gasteiger partial charge in [0.1, 0.15) is 0 Å². The smallest absolute Gasteiger partial charge is 0.220 e. The first-order valence-corrected chi connectivity index (χ1v) is 5.83. The fourth-order valence-corrected chi connectivity index (χ4v) is 1.44. The molecule has 0 atom stereocenters. The molecule has 3 nitrogen and oxygen atoms in total. The minimum Gasteiger partial charge on any atom is -0.399 e. The van der Waals surface area contributed by atoms with Gasteiger partial charge in [-0.25, -0.2) is 0 Å². The van der Waals surface area contributed by atoms with Gasteiger partial charge < -0.3 is 11.1 Å². The molecule has 1 aromatic carbocycles. The molecule has 0 radical (unpaired) electrons. The second-order valence-electron chi connectivity index (χ2n) is 3.95. The van der Waals surface area contributed by atoms with E-state index < -0.39 is 0 Å². The number of aryl methyl sites for hydroxylation is 1. The van der Waals surface area contributed by atoms with Crippen LogP contribution in [0.2, 0.25) is 0 Å². The maximum atomic E-state index is 11.4. The first-order valence-electron chi connectivity index (χ1n) is 5.83. The van der Waals surface area contributed by atoms with E-state index in [1.54, 1.807) is 0 Å². The van der Waals surface area contributed by atoms with Crippen molar-refractivity contribution in [2.45, 2.75) is 32.6 Å². The Morgan fingerprint density at radius 1 is 1.31 bits per heavy atom. The second kappa shape index (κ2) is 6.88. The molecule has 0 saturated heterocycles. The van der Waals surface area contributed by atoms with Crippen molar-refractivity contribution >= 4 is 11.6 Å². The summed E-state index contributed by atoms with van der Waals surface area (Å²) in [6, 6.07) is 7.66. The molecule has 0 fully saturated rings. The van der Waals surface area contributed by atoms with Gasteiger partial charge in [-0.15, -0.1) is 0 Å². The summed E-state index contributed by atoms with van der Waals surface area (Å²) < 4.78 is 0. The van der Waals surface area contributed by atoms with Crippen LogP contribution in [0.15, 0.2) is 24.3 Å². The van der Waals surface area contributed by atoms with Gasteiger partial charge in [-0.2, -0.15) is 0 Å². The van der Waals surface area contributed by atoms with Crippen LogP contribution in [-0.2, 0) is 11.2 Å². The number of rotatable bonds is 6. The lowest BCUT2D eigenvalue weighted by Gasteiger charge is -2.04. The topological polar surface area (TPSA) is 55.1 Å². The maximum Gasteiger partial charge on any atom is 0.220 e. The number of benzene rings is 1. The van der Waals surface area contributed by atoms with E-state index in [1.807, 2.05) is 24.3 Å². The van der Waals surface area contributed by atoms with Gasteiger partial charge in [0.05, 0.1) is 0 Å². The van der Waals surface area contributed by atoms with Gasteiger partial charge >= 0.3 is 0 Å². The van der Waals surface area contributed by atoms with Crippen LogP contribution >= 0.6 is 0 Å². The molecular formula is C13H20N2O. The fourth-order valence-electron chi connectivity index (χ4n) is 1.44. The molecule has 16 heavy (non-hydrogen) atoms. The van der Waals surface area contributed by atoms with Crippen LogP contribution in [0, 0.1) is 0 Å². The molecule has 0 aliphatic rings. The molecule has 1 aromatic rings. The molecular weight excluding hydrogens is 200 g/mol. The quantitative estimate of drug-likeness (QED) is 0.570. The molecule has 0 bridgehead atoms. The molecule has 3 heteroatoms. The van der Waals surface area contributed by atoms with Crippen molar-refractivity contribution in [2.24, 2.45) is 0 Å². The lowest BCUT2D eigenvalue weighted by atomic mass is 10.1. The SMILES string of the molecule is CCCCNC(=O)CCc1ccc(N)cc1. The van der Waals surface area contributed by atoms with Crippen LogP contribution < -0.4 is 11.1 Å². The van der Waals surface area contributed by atoms with E-state index in [4.69, 9.17) is 5.73 Å². The molecule has 0 heterocycles. The zero-order valence-corrected chi connectivity index (χ0v) is 9.83. The third-order valence-electron chi connectivity index (χ3n) is 2.47. The predicted molar refractivity (Wildman–Crippen MR) is 67.1 cm³/mol. The number of nitrogens with one attached hydrogen (secondary N) is 1. The molecule has 0 saturated carbocycles. The van der Waals surface area contributed by atoms with Crippen molar-refractivity contribution in [3.63, 3.8) is 0 Å². The number of carbonyl (C=O) groups is 1. The largest absolute Gasteiger partial charge is 0.399 e. The van der Waals surface area contributed by atoms with Crippen LogP contribution in [0.1, 0.15) is 31.7 Å². The Morgan fingerprint density at radius 2 is 2.00 bits per heavy atom. The van der Waals surface area contributed by atoms with E-state index in [0.717, 1.165) is 37.1 Å². The molecule has 1 rings (SSSR count). The monoisotopic (exact) mass is 220 g/mol. The van der Waals surface area contributed by atoms with Crippen LogP contribution in [0.4, 0.5) is 5.69 Å². The van der Waals surface area contributed by atoms with Gasteiger partial charge in [-0.3, -0.25) is 4.79 Å². The third kappa shape index (κ3) is 4.82. The number of carbonyl (C=O) groups excluding carboxylic acids is 1. The summed E-state index contributed by atoms with van der Waals surface area (Å²) in [5, 5.41) is 2.90. The summed E-state index contributed by atoms with van der Waals surface area (Å²) in [7, 11) is 0. The fraction of sp³-hybridized carbons (Fsp3) is 0.462. The van der Waals surface area contributed by atoms with Crippen molar-refractivity contribution in [3.8, 4) is 0 Å². The summed E-state index contributed by atoms with van der Waals surface area (Å²) in [4.78, 5) is 11.4. The van der Waals surface area contributed by atoms with E-state index in [-0.39, 0.29) is 5.91 Å². The molecule has 0 unspecified atom stereocenters. The summed E-state index contributed by atoms with van der Waals surface area (Å²) in [6.45, 7) is 2.90. The molecule has 1 amide bonds. The highest BCUT2D eigenvalue weighted by molar-refractivity contribution is 5.76. The number of nitrogen functional groups attached to an aromatic ring is 1. The van der Waals surface area contributed by atoms with E-state index >= 15 is 0 Å². The molecule has 0 spiro atoms. The van der Waals surface area contributed by atoms with Crippen LogP contribution in [-0.4, -0.2) is 12.5 Å². The number of amides is 1. The Labute approximate surface area is 97.0 Å². The highest BCUT2D eigenvalue weighted by Crippen LogP contribution is 2.07. The predicted octanol–water partition coefficient (Wildman–Crippen LogP) is 2.12. The van der Waals surface area contributed by atoms with Crippen molar-refractivity contribution in [1.29, 1.82) is 0 Å². The Balaban J connectivity index is 2.23. The first-order chi connectivity index (χ1) is 7.72. The first kappa shape index (κ1) is 12.6. The van der Waals surface area contributed by atoms with E-state index in [0.29, 0.717) is 6.42 Å². The van der Waals surface area contributed by atoms with Crippen molar-refractivity contribution in [1.82, 2.24) is 5.32 Å². The normalized spacial score (nSPS) is 10.1. The Morgan fingerprint density at radius 3 is 2.62 bits per heavy atom. The Hall–Kier alpha value is -1.51. The van der Waals surface area contributed by atoms with Gasteiger partial charge in [-0.05, 0) is 30.5 Å². The minimum atomic E-state index is 0.130. The Kier molecular flexibility index (Phi) is 5.40. The zero-order chi connectivity index (χ0) is 11.8. The van der Waals surface area contributed by atoms with Crippen LogP contribution in [0.5, 0.6) is 0 Å². The molecule has 88 valence electrons. The number of unbranched alkanes of at least 4 members (excludes halogenated alkanes) is 1. The van der Waals surface area contributed by atoms with Gasteiger partial charge in [-0.1, -0.05) is 25.5 Å². The van der Waals surface area contributed by atoms with E-state index in [2.05, 4.69) is 12.2 Å². The van der Waals surface area contributed by atoms with Gasteiger partial charge in [0.2, 0.25) is 5.91 Å². The number of hydrogen-bond acceptors (Lipinski definition) is 2. The zero-order valence-electron chi connectivity index (χ0n) is 9.83. The summed E-state index contributed by atoms with van der Waals surface area (Å²) in [5.41, 5.74) is 7.50. The van der Waals surface area contributed by atoms with E-state index in [1.165, 1.54) is 0 Å². The van der Waals surface area contributed by atoms with Gasteiger partial charge in [0, 0.05) is 18.7 Å². The van der Waals surface area contributed by atoms with Crippen molar-refractivity contribution in [2.75, 3.05) is 12.3 Å². The van der Waals surface area contributed by atoms with Crippen LogP contribution in [0.3, 0.4) is 0 Å². The summed E-state index contributed by atoms with van der Waals surface area (Å²) in [6.07, 6.45) is 3.48. The van der Waals surface area contributed by atoms with Gasteiger partial charge in [0.15, 0.2) is 0 Å². The van der Waals surface area contributed by atoms with Crippen molar-refractivity contribution in [3.05, 3.63) is 29.8 Å². The lowest BCUT2D eigenvalue weighted by Crippen LogP contribution is -2.24.